The highest BCUT2D eigenvalue weighted by atomic mass is 16.5. The van der Waals surface area contributed by atoms with Crippen LogP contribution in [-0.2, 0) is 6.54 Å². The molecule has 148 valence electrons. The molecule has 5 rings (SSSR count). The summed E-state index contributed by atoms with van der Waals surface area (Å²) in [6.45, 7) is 4.60. The Bertz CT molecular complexity index is 1100. The van der Waals surface area contributed by atoms with Crippen LogP contribution in [0.4, 0.5) is 5.82 Å². The molecule has 4 heterocycles. The molecular weight excluding hydrogens is 366 g/mol. The second-order valence-corrected chi connectivity index (χ2v) is 7.16. The van der Waals surface area contributed by atoms with Gasteiger partial charge in [-0.3, -0.25) is 9.30 Å². The lowest BCUT2D eigenvalue weighted by Gasteiger charge is -2.34. The average molecular weight is 389 g/mol. The first-order valence-electron chi connectivity index (χ1n) is 9.78. The number of rotatable bonds is 5. The first-order chi connectivity index (χ1) is 14.3. The number of methoxy groups -OCH3 is 1. The fraction of sp³-hybridized carbons (Fsp3) is 0.273. The molecule has 0 saturated carbocycles. The molecule has 1 aromatic carbocycles. The van der Waals surface area contributed by atoms with E-state index in [0.29, 0.717) is 0 Å². The third kappa shape index (κ3) is 3.45. The number of anilines is 1. The molecule has 0 radical (unpaired) electrons. The second-order valence-electron chi connectivity index (χ2n) is 7.16. The number of benzene rings is 1. The highest BCUT2D eigenvalue weighted by Gasteiger charge is 2.22. The van der Waals surface area contributed by atoms with E-state index in [9.17, 15) is 0 Å². The van der Waals surface area contributed by atoms with Crippen molar-refractivity contribution in [2.45, 2.75) is 6.54 Å². The Morgan fingerprint density at radius 2 is 1.97 bits per heavy atom. The maximum absolute atomic E-state index is 5.48. The first kappa shape index (κ1) is 17.8. The number of aromatic nitrogens is 3. The van der Waals surface area contributed by atoms with Crippen LogP contribution < -0.4 is 9.64 Å². The molecular formula is C22H23N5O2. The van der Waals surface area contributed by atoms with Crippen LogP contribution in [0.5, 0.6) is 5.75 Å². The minimum absolute atomic E-state index is 0.833. The summed E-state index contributed by atoms with van der Waals surface area (Å²) in [4.78, 5) is 14.1. The molecule has 1 saturated heterocycles. The molecule has 4 aromatic rings. The number of imidazole rings is 1. The summed E-state index contributed by atoms with van der Waals surface area (Å²) >= 11 is 0. The third-order valence-electron chi connectivity index (χ3n) is 5.41. The normalized spacial score (nSPS) is 15.1. The summed E-state index contributed by atoms with van der Waals surface area (Å²) < 4.78 is 12.9. The number of nitrogens with zero attached hydrogens (tertiary/aromatic N) is 5. The summed E-state index contributed by atoms with van der Waals surface area (Å²) in [6.07, 6.45) is 7.45. The predicted molar refractivity (Wildman–Crippen MR) is 111 cm³/mol. The molecule has 1 aliphatic heterocycles. The average Bonchev–Trinajstić information content (AvgIpc) is 3.44. The summed E-state index contributed by atoms with van der Waals surface area (Å²) in [6, 6.07) is 12.0. The fourth-order valence-corrected chi connectivity index (χ4v) is 3.87. The van der Waals surface area contributed by atoms with Gasteiger partial charge in [-0.05, 0) is 24.3 Å². The van der Waals surface area contributed by atoms with Gasteiger partial charge in [0, 0.05) is 44.1 Å². The molecule has 7 nitrogen and oxygen atoms in total. The van der Waals surface area contributed by atoms with Crippen molar-refractivity contribution in [1.82, 2.24) is 19.3 Å². The molecule has 7 heteroatoms. The number of ether oxygens (including phenoxy) is 1. The minimum atomic E-state index is 0.833. The Labute approximate surface area is 169 Å². The van der Waals surface area contributed by atoms with Crippen LogP contribution in [0, 0.1) is 0 Å². The van der Waals surface area contributed by atoms with Gasteiger partial charge in [-0.2, -0.15) is 0 Å². The highest BCUT2D eigenvalue weighted by molar-refractivity contribution is 5.72. The van der Waals surface area contributed by atoms with Gasteiger partial charge >= 0.3 is 0 Å². The summed E-state index contributed by atoms with van der Waals surface area (Å²) in [5.74, 6) is 2.77. The summed E-state index contributed by atoms with van der Waals surface area (Å²) in [7, 11) is 1.68. The van der Waals surface area contributed by atoms with Crippen molar-refractivity contribution in [2.75, 3.05) is 38.2 Å². The van der Waals surface area contributed by atoms with Crippen molar-refractivity contribution in [2.24, 2.45) is 0 Å². The van der Waals surface area contributed by atoms with Crippen LogP contribution in [0.2, 0.25) is 0 Å². The SMILES string of the molecule is COc1cccc(-c2cnc3c(N4CCN(Cc5ccco5)CC4)nccn23)c1. The zero-order chi connectivity index (χ0) is 19.6. The lowest BCUT2D eigenvalue weighted by Crippen LogP contribution is -2.46. The summed E-state index contributed by atoms with van der Waals surface area (Å²) in [5.41, 5.74) is 2.97. The van der Waals surface area contributed by atoms with E-state index in [-0.39, 0.29) is 0 Å². The van der Waals surface area contributed by atoms with Gasteiger partial charge in [0.15, 0.2) is 11.5 Å². The topological polar surface area (TPSA) is 59.0 Å². The lowest BCUT2D eigenvalue weighted by atomic mass is 10.1. The van der Waals surface area contributed by atoms with E-state index in [4.69, 9.17) is 14.1 Å². The van der Waals surface area contributed by atoms with Gasteiger partial charge in [0.05, 0.1) is 31.8 Å². The molecule has 0 N–H and O–H groups in total. The van der Waals surface area contributed by atoms with Gasteiger partial charge in [-0.15, -0.1) is 0 Å². The van der Waals surface area contributed by atoms with Gasteiger partial charge in [0.1, 0.15) is 11.5 Å². The van der Waals surface area contributed by atoms with E-state index in [1.807, 2.05) is 48.9 Å². The molecule has 3 aromatic heterocycles. The van der Waals surface area contributed by atoms with E-state index >= 15 is 0 Å². The Balaban J connectivity index is 1.38. The third-order valence-corrected chi connectivity index (χ3v) is 5.41. The molecule has 0 bridgehead atoms. The molecule has 1 aliphatic rings. The van der Waals surface area contributed by atoms with Gasteiger partial charge in [0.2, 0.25) is 0 Å². The van der Waals surface area contributed by atoms with Gasteiger partial charge in [0.25, 0.3) is 0 Å². The molecule has 0 atom stereocenters. The van der Waals surface area contributed by atoms with Crippen LogP contribution in [0.3, 0.4) is 0 Å². The minimum Gasteiger partial charge on any atom is -0.497 e. The maximum Gasteiger partial charge on any atom is 0.180 e. The van der Waals surface area contributed by atoms with Crippen LogP contribution in [0.1, 0.15) is 5.76 Å². The molecule has 0 unspecified atom stereocenters. The zero-order valence-corrected chi connectivity index (χ0v) is 16.4. The van der Waals surface area contributed by atoms with E-state index in [2.05, 4.69) is 25.3 Å². The zero-order valence-electron chi connectivity index (χ0n) is 16.4. The predicted octanol–water partition coefficient (Wildman–Crippen LogP) is 3.32. The second kappa shape index (κ2) is 7.60. The van der Waals surface area contributed by atoms with Crippen molar-refractivity contribution in [1.29, 1.82) is 0 Å². The summed E-state index contributed by atoms with van der Waals surface area (Å²) in [5, 5.41) is 0. The number of hydrogen-bond acceptors (Lipinski definition) is 6. The van der Waals surface area contributed by atoms with Crippen molar-refractivity contribution in [3.05, 3.63) is 67.0 Å². The van der Waals surface area contributed by atoms with E-state index < -0.39 is 0 Å². The van der Waals surface area contributed by atoms with E-state index in [1.54, 1.807) is 13.4 Å². The fourth-order valence-electron chi connectivity index (χ4n) is 3.87. The number of hydrogen-bond donors (Lipinski definition) is 0. The number of piperazine rings is 1. The van der Waals surface area contributed by atoms with Gasteiger partial charge < -0.3 is 14.1 Å². The van der Waals surface area contributed by atoms with Crippen molar-refractivity contribution < 1.29 is 9.15 Å². The monoisotopic (exact) mass is 389 g/mol. The van der Waals surface area contributed by atoms with Gasteiger partial charge in [-0.25, -0.2) is 9.97 Å². The Hall–Kier alpha value is -3.32. The number of fused-ring (bicyclic) bond motifs is 1. The highest BCUT2D eigenvalue weighted by Crippen LogP contribution is 2.28. The smallest absolute Gasteiger partial charge is 0.180 e. The van der Waals surface area contributed by atoms with Crippen LogP contribution in [-0.4, -0.2) is 52.6 Å². The number of furan rings is 1. The van der Waals surface area contributed by atoms with Crippen molar-refractivity contribution >= 4 is 11.5 Å². The Morgan fingerprint density at radius 3 is 2.76 bits per heavy atom. The van der Waals surface area contributed by atoms with Crippen LogP contribution >= 0.6 is 0 Å². The molecule has 1 fully saturated rings. The first-order valence-corrected chi connectivity index (χ1v) is 9.78. The van der Waals surface area contributed by atoms with Crippen molar-refractivity contribution in [3.63, 3.8) is 0 Å². The Morgan fingerprint density at radius 1 is 1.07 bits per heavy atom. The molecule has 0 aliphatic carbocycles. The van der Waals surface area contributed by atoms with Gasteiger partial charge in [-0.1, -0.05) is 12.1 Å². The Kier molecular flexibility index (Phi) is 4.65. The maximum atomic E-state index is 5.48. The van der Waals surface area contributed by atoms with E-state index in [0.717, 1.165) is 67.0 Å². The largest absolute Gasteiger partial charge is 0.497 e. The molecule has 0 spiro atoms. The van der Waals surface area contributed by atoms with Crippen LogP contribution in [0.15, 0.2) is 65.7 Å². The standard InChI is InChI=1S/C22H23N5O2/c1-28-18-5-2-4-17(14-18)20-15-24-22-21(23-7-8-27(20)22)26-11-9-25(10-12-26)16-19-6-3-13-29-19/h2-8,13-15H,9-12,16H2,1H3. The van der Waals surface area contributed by atoms with Crippen molar-refractivity contribution in [3.8, 4) is 17.0 Å². The quantitative estimate of drug-likeness (QED) is 0.522. The lowest BCUT2D eigenvalue weighted by molar-refractivity contribution is 0.230. The molecule has 0 amide bonds. The molecule has 29 heavy (non-hydrogen) atoms. The van der Waals surface area contributed by atoms with Crippen LogP contribution in [0.25, 0.3) is 16.9 Å². The van der Waals surface area contributed by atoms with E-state index in [1.165, 1.54) is 0 Å².